The molecule has 0 bridgehead atoms. The van der Waals surface area contributed by atoms with Gasteiger partial charge in [0.2, 0.25) is 5.69 Å². The van der Waals surface area contributed by atoms with Gasteiger partial charge >= 0.3 is 0 Å². The minimum Gasteiger partial charge on any atom is -0.456 e. The van der Waals surface area contributed by atoms with E-state index < -0.39 is 407 Å². The van der Waals surface area contributed by atoms with Crippen LogP contribution in [-0.4, -0.2) is 18.3 Å². The minimum absolute atomic E-state index is 0.511. The number of aromatic nitrogens is 4. The standard InChI is InChI=1S/C72H40N6O/c1-74-67-69(75-57-30-11-4-22-47(57)48-23-5-12-31-58(48)75)56(42-73)70(76-59-32-13-6-24-49(59)50-25-7-14-33-60(50)76)72(71(67)77-61-34-15-8-26-51(61)52-27-9-16-35-62(52)77)78-63-41-44(46-29-18-20-43-19-2-3-21-45(43)46)37-38-53(63)54-39-40-65-66(68(54)78)55-28-10-17-36-64(55)79-65/h2-41H/i2D,3D,4D,5D,6D,7D,8D,9D,10D,11D,12D,13D,14D,15D,16D,17D,18D,19D,20D,21D,22D,23D,24D,25D,26D,27D,28D,29D,30D,31D,32D,33D,34D,35D,36D,37D,38D,39D,40D,41D. The van der Waals surface area contributed by atoms with Gasteiger partial charge in [-0.05, 0) is 82.3 Å². The van der Waals surface area contributed by atoms with E-state index in [0.717, 1.165) is 0 Å². The average molecular weight is 1050 g/mol. The maximum Gasteiger partial charge on any atom is 0.237 e. The summed E-state index contributed by atoms with van der Waals surface area (Å²) in [5, 5.41) is 2.56. The van der Waals surface area contributed by atoms with Crippen LogP contribution in [0.4, 0.5) is 5.69 Å². The van der Waals surface area contributed by atoms with E-state index in [9.17, 15) is 57.1 Å². The van der Waals surface area contributed by atoms with Crippen molar-refractivity contribution in [3.05, 3.63) is 259 Å². The Morgan fingerprint density at radius 2 is 0.823 bits per heavy atom. The van der Waals surface area contributed by atoms with E-state index in [1.54, 1.807) is 0 Å². The minimum atomic E-state index is -1.43. The predicted octanol–water partition coefficient (Wildman–Crippen LogP) is 19.2. The van der Waals surface area contributed by atoms with Crippen LogP contribution in [0.15, 0.2) is 246 Å². The molecule has 0 atom stereocenters. The summed E-state index contributed by atoms with van der Waals surface area (Å²) in [6.07, 6.45) is 0. The van der Waals surface area contributed by atoms with Gasteiger partial charge in [-0.15, -0.1) is 0 Å². The van der Waals surface area contributed by atoms with Crippen molar-refractivity contribution in [3.63, 3.8) is 0 Å². The second-order valence-electron chi connectivity index (χ2n) is 17.5. The van der Waals surface area contributed by atoms with Gasteiger partial charge < -0.3 is 22.7 Å². The normalized spacial score (nSPS) is 19.1. The van der Waals surface area contributed by atoms with Crippen LogP contribution in [0.3, 0.4) is 0 Å². The van der Waals surface area contributed by atoms with Crippen LogP contribution in [-0.2, 0) is 0 Å². The van der Waals surface area contributed by atoms with E-state index in [0.29, 0.717) is 18.3 Å². The van der Waals surface area contributed by atoms with E-state index in [2.05, 4.69) is 4.85 Å². The quantitative estimate of drug-likeness (QED) is 0.161. The van der Waals surface area contributed by atoms with Crippen LogP contribution in [0.2, 0.25) is 0 Å². The van der Waals surface area contributed by atoms with Crippen LogP contribution < -0.4 is 0 Å². The number of hydrogen-bond acceptors (Lipinski definition) is 2. The highest BCUT2D eigenvalue weighted by Gasteiger charge is 2.35. The number of nitriles is 1. The van der Waals surface area contributed by atoms with Gasteiger partial charge in [-0.1, -0.05) is 181 Å². The van der Waals surface area contributed by atoms with Crippen molar-refractivity contribution < 1.29 is 59.2 Å². The predicted molar refractivity (Wildman–Crippen MR) is 325 cm³/mol. The molecule has 0 fully saturated rings. The lowest BCUT2D eigenvalue weighted by Gasteiger charge is -2.27. The summed E-state index contributed by atoms with van der Waals surface area (Å²) in [6, 6.07) is -44.7. The van der Waals surface area contributed by atoms with Crippen molar-refractivity contribution in [1.29, 1.82) is 5.26 Å². The first-order chi connectivity index (χ1) is 55.8. The molecule has 7 heteroatoms. The second-order valence-corrected chi connectivity index (χ2v) is 17.5. The maximum absolute atomic E-state index is 13.2. The third kappa shape index (κ3) is 5.77. The molecule has 0 saturated heterocycles. The van der Waals surface area contributed by atoms with E-state index >= 15 is 0 Å². The molecule has 364 valence electrons. The summed E-state index contributed by atoms with van der Waals surface area (Å²) < 4.78 is 394. The number of rotatable bonds is 5. The van der Waals surface area contributed by atoms with Gasteiger partial charge in [0.25, 0.3) is 0 Å². The van der Waals surface area contributed by atoms with Crippen molar-refractivity contribution in [2.24, 2.45) is 0 Å². The third-order valence-electron chi connectivity index (χ3n) is 13.7. The monoisotopic (exact) mass is 1040 g/mol. The molecule has 5 aromatic heterocycles. The maximum atomic E-state index is 13.2. The lowest BCUT2D eigenvalue weighted by atomic mass is 9.97. The Bertz CT molecular complexity index is 7630. The molecular formula is C72H40N6O. The summed E-state index contributed by atoms with van der Waals surface area (Å²) in [5.74, 6) is 0. The molecule has 7 nitrogen and oxygen atoms in total. The molecule has 0 saturated carbocycles. The lowest BCUT2D eigenvalue weighted by Crippen LogP contribution is -2.14. The van der Waals surface area contributed by atoms with E-state index in [4.69, 9.17) is 14.0 Å². The first kappa shape index (κ1) is 19.8. The SMILES string of the molecule is [2H]c1c([2H])c([2H])c2c(oc3c([2H])c([2H])c4c5c([2H])c([2H])c(-c6c([2H])c([2H])c([2H])c7c([2H])c([2H])c([2H])c([2H])c67)c([2H])c5n(-c5c(-n6c7c([2H])c([2H])c([2H])c([2H])c7c7c([2H])c([2H])c([2H])c([2H])c76)c(C#N)c(-n6c7c([2H])c([2H])c([2H])c([2H])c7c7c([2H])c([2H])c([2H])c([2H])c76)c([N+]#[C-])c5-n5c6c([2H])c([2H])c([2H])c([2H])c6c6c([2H])c([2H])c([2H])c([2H])c65)c4c32)c1[2H]. The molecule has 5 heterocycles. The first-order valence-corrected chi connectivity index (χ1v) is 23.3. The van der Waals surface area contributed by atoms with Gasteiger partial charge in [-0.3, -0.25) is 0 Å². The summed E-state index contributed by atoms with van der Waals surface area (Å²) in [4.78, 5) is 4.06. The van der Waals surface area contributed by atoms with E-state index in [-0.39, 0.29) is 0 Å². The fraction of sp³-hybridized carbons (Fsp3) is 0. The molecule has 0 spiro atoms. The van der Waals surface area contributed by atoms with Crippen molar-refractivity contribution >= 4 is 126 Å². The highest BCUT2D eigenvalue weighted by atomic mass is 16.3. The Kier molecular flexibility index (Phi) is 4.06. The molecule has 0 N–H and O–H groups in total. The average Bonchev–Trinajstić information content (AvgIpc) is 1.51. The zero-order valence-electron chi connectivity index (χ0n) is 79.1. The largest absolute Gasteiger partial charge is 0.456 e. The Labute approximate surface area is 507 Å². The molecule has 0 amide bonds. The van der Waals surface area contributed by atoms with Crippen LogP contribution >= 0.6 is 0 Å². The number of nitrogens with zero attached hydrogens (tertiary/aromatic N) is 6. The second kappa shape index (κ2) is 16.2. The lowest BCUT2D eigenvalue weighted by molar-refractivity contribution is 0.669. The van der Waals surface area contributed by atoms with Gasteiger partial charge in [-0.25, -0.2) is 4.85 Å². The first-order valence-electron chi connectivity index (χ1n) is 43.3. The van der Waals surface area contributed by atoms with Crippen molar-refractivity contribution in [2.45, 2.75) is 0 Å². The van der Waals surface area contributed by atoms with Gasteiger partial charge in [0.05, 0.1) is 139 Å². The Balaban J connectivity index is 1.38. The Morgan fingerprint density at radius 1 is 0.380 bits per heavy atom. The number of fused-ring (bicyclic) bond motifs is 17. The van der Waals surface area contributed by atoms with Crippen LogP contribution in [0.1, 0.15) is 60.4 Å². The van der Waals surface area contributed by atoms with Gasteiger partial charge in [0.1, 0.15) is 17.2 Å². The third-order valence-corrected chi connectivity index (χ3v) is 13.7. The summed E-state index contributed by atoms with van der Waals surface area (Å²) in [5.41, 5.74) is -20.8. The Morgan fingerprint density at radius 3 is 1.37 bits per heavy atom. The summed E-state index contributed by atoms with van der Waals surface area (Å²) in [7, 11) is 0. The van der Waals surface area contributed by atoms with Crippen molar-refractivity contribution in [3.8, 4) is 39.9 Å². The van der Waals surface area contributed by atoms with E-state index in [1.807, 2.05) is 6.07 Å². The highest BCUT2D eigenvalue weighted by Crippen LogP contribution is 2.53. The van der Waals surface area contributed by atoms with Gasteiger partial charge in [0, 0.05) is 48.5 Å². The van der Waals surface area contributed by atoms with Gasteiger partial charge in [-0.2, -0.15) is 5.26 Å². The molecule has 0 radical (unpaired) electrons. The molecule has 17 rings (SSSR count). The Hall–Kier alpha value is -11.1. The number of furan rings is 1. The zero-order chi connectivity index (χ0) is 86.8. The highest BCUT2D eigenvalue weighted by molar-refractivity contribution is 6.26. The van der Waals surface area contributed by atoms with Crippen LogP contribution in [0, 0.1) is 17.9 Å². The van der Waals surface area contributed by atoms with Crippen molar-refractivity contribution in [2.75, 3.05) is 0 Å². The van der Waals surface area contributed by atoms with Crippen LogP contribution in [0.25, 0.3) is 159 Å². The molecule has 0 aliphatic rings. The molecule has 12 aromatic carbocycles. The summed E-state index contributed by atoms with van der Waals surface area (Å²) in [6.45, 7) is 10.0. The molecular weight excluding hydrogens is 965 g/mol. The number of hydrogen-bond donors (Lipinski definition) is 0. The molecule has 0 aliphatic carbocycles. The molecule has 79 heavy (non-hydrogen) atoms. The molecule has 0 unspecified atom stereocenters. The smallest absolute Gasteiger partial charge is 0.237 e. The van der Waals surface area contributed by atoms with Crippen molar-refractivity contribution in [1.82, 2.24) is 18.3 Å². The zero-order valence-corrected chi connectivity index (χ0v) is 39.1. The fourth-order valence-corrected chi connectivity index (χ4v) is 10.7. The number of para-hydroxylation sites is 7. The fourth-order valence-electron chi connectivity index (χ4n) is 10.7. The van der Waals surface area contributed by atoms with Crippen LogP contribution in [0.5, 0.6) is 0 Å². The summed E-state index contributed by atoms with van der Waals surface area (Å²) >= 11 is 0. The van der Waals surface area contributed by atoms with Gasteiger partial charge in [0.15, 0.2) is 0 Å². The van der Waals surface area contributed by atoms with E-state index in [1.165, 1.54) is 0 Å². The number of benzene rings is 12. The topological polar surface area (TPSA) is 61.0 Å². The molecule has 17 aromatic rings. The molecule has 0 aliphatic heterocycles.